The Labute approximate surface area is 359 Å². The zero-order chi connectivity index (χ0) is 40.1. The first-order valence-electron chi connectivity index (χ1n) is 22.1. The summed E-state index contributed by atoms with van der Waals surface area (Å²) in [7, 11) is 0. The first-order valence-corrected chi connectivity index (χ1v) is 22.1. The Morgan fingerprint density at radius 1 is 0.474 bits per heavy atom. The van der Waals surface area contributed by atoms with Crippen molar-refractivity contribution < 1.29 is 29.7 Å². The van der Waals surface area contributed by atoms with Crippen molar-refractivity contribution in [2.45, 2.75) is 169 Å². The molecule has 1 heterocycles. The molecule has 0 aliphatic heterocycles. The summed E-state index contributed by atoms with van der Waals surface area (Å²) in [6.45, 7) is 8.33. The Kier molecular flexibility index (Phi) is 27.3. The maximum absolute atomic E-state index is 13.0. The maximum Gasteiger partial charge on any atom is 2.00 e. The molecular weight excluding hydrogens is 752 g/mol. The molecular formula is C51H71N3O2Zn. The second-order valence-electron chi connectivity index (χ2n) is 15.6. The van der Waals surface area contributed by atoms with Gasteiger partial charge in [-0.2, -0.15) is 0 Å². The fraction of sp³-hybridized carbons (Fsp3) is 0.510. The summed E-state index contributed by atoms with van der Waals surface area (Å²) in [5, 5.41) is 26.0. The van der Waals surface area contributed by atoms with Crippen LogP contribution >= 0.6 is 0 Å². The van der Waals surface area contributed by atoms with Crippen LogP contribution in [0.3, 0.4) is 0 Å². The molecule has 3 aromatic carbocycles. The number of pyridine rings is 1. The van der Waals surface area contributed by atoms with E-state index in [-0.39, 0.29) is 31.0 Å². The normalized spacial score (nSPS) is 11.2. The number of benzene rings is 3. The van der Waals surface area contributed by atoms with Gasteiger partial charge >= 0.3 is 19.5 Å². The van der Waals surface area contributed by atoms with Crippen LogP contribution < -0.4 is 10.2 Å². The summed E-state index contributed by atoms with van der Waals surface area (Å²) in [6, 6.07) is 21.5. The summed E-state index contributed by atoms with van der Waals surface area (Å²) in [4.78, 5) is 13.2. The standard InChI is InChI=1S/C46H68N2O2.C5H5N.Zn/c1-5-7-9-11-13-15-17-19-21-23-27-39-31-37(3)45(49)41(33-39)35-47-43-29-25-26-30-44(43)48-36-42-34-40(32-38(4)46(42)50)28-24-22-20-18-16-14-12-10-8-6-2;1-2-4-6-5-3-1;/h25-26,29-36,49-50H,5-24,27-28H2,1-4H3;1-5H;/q;;+2/p-2. The molecule has 4 aromatic rings. The van der Waals surface area contributed by atoms with E-state index in [1.165, 1.54) is 127 Å². The number of aryl methyl sites for hydroxylation is 4. The average molecular weight is 824 g/mol. The van der Waals surface area contributed by atoms with Gasteiger partial charge in [0.1, 0.15) is 0 Å². The van der Waals surface area contributed by atoms with Gasteiger partial charge in [-0.1, -0.05) is 195 Å². The van der Waals surface area contributed by atoms with Crippen LogP contribution in [0.25, 0.3) is 0 Å². The summed E-state index contributed by atoms with van der Waals surface area (Å²) in [5.74, 6) is 0.0412. The summed E-state index contributed by atoms with van der Waals surface area (Å²) in [6.07, 6.45) is 35.1. The molecule has 0 bridgehead atoms. The van der Waals surface area contributed by atoms with E-state index in [0.29, 0.717) is 22.5 Å². The Balaban J connectivity index is 0.00000146. The van der Waals surface area contributed by atoms with E-state index in [0.717, 1.165) is 36.8 Å². The molecule has 0 spiro atoms. The minimum absolute atomic E-state index is 0. The van der Waals surface area contributed by atoms with Crippen LogP contribution in [0.1, 0.15) is 176 Å². The van der Waals surface area contributed by atoms with Crippen LogP contribution in [0.5, 0.6) is 11.5 Å². The van der Waals surface area contributed by atoms with Crippen molar-refractivity contribution in [2.75, 3.05) is 0 Å². The summed E-state index contributed by atoms with van der Waals surface area (Å²) >= 11 is 0. The van der Waals surface area contributed by atoms with Crippen molar-refractivity contribution in [3.8, 4) is 11.5 Å². The predicted octanol–water partition coefficient (Wildman–Crippen LogP) is 14.0. The van der Waals surface area contributed by atoms with Crippen LogP contribution in [0.15, 0.2) is 89.1 Å². The number of hydrogen-bond acceptors (Lipinski definition) is 5. The van der Waals surface area contributed by atoms with E-state index in [1.807, 2.05) is 80.6 Å². The second-order valence-corrected chi connectivity index (χ2v) is 15.6. The van der Waals surface area contributed by atoms with Crippen molar-refractivity contribution in [3.63, 3.8) is 0 Å². The molecule has 0 atom stereocenters. The van der Waals surface area contributed by atoms with Crippen molar-refractivity contribution >= 4 is 23.8 Å². The molecule has 0 aliphatic rings. The van der Waals surface area contributed by atoms with E-state index in [9.17, 15) is 10.2 Å². The molecule has 1 aromatic heterocycles. The molecule has 4 rings (SSSR count). The number of nitrogens with zero attached hydrogens (tertiary/aromatic N) is 3. The minimum atomic E-state index is 0. The van der Waals surface area contributed by atoms with Crippen molar-refractivity contribution in [1.82, 2.24) is 4.98 Å². The molecule has 0 radical (unpaired) electrons. The Hall–Kier alpha value is -3.63. The van der Waals surface area contributed by atoms with Gasteiger partial charge in [0.15, 0.2) is 0 Å². The van der Waals surface area contributed by atoms with Crippen LogP contribution in [0.4, 0.5) is 11.4 Å². The van der Waals surface area contributed by atoms with E-state index < -0.39 is 0 Å². The third-order valence-electron chi connectivity index (χ3n) is 10.5. The zero-order valence-electron chi connectivity index (χ0n) is 36.1. The molecule has 6 heteroatoms. The van der Waals surface area contributed by atoms with Crippen LogP contribution in [0.2, 0.25) is 0 Å². The van der Waals surface area contributed by atoms with Gasteiger partial charge in [0.25, 0.3) is 0 Å². The van der Waals surface area contributed by atoms with Gasteiger partial charge < -0.3 is 10.2 Å². The minimum Gasteiger partial charge on any atom is -0.872 e. The van der Waals surface area contributed by atoms with Crippen molar-refractivity contribution in [2.24, 2.45) is 9.98 Å². The number of aliphatic imine (C=N–C) groups is 2. The summed E-state index contributed by atoms with van der Waals surface area (Å²) in [5.41, 5.74) is 6.50. The molecule has 0 unspecified atom stereocenters. The number of para-hydroxylation sites is 2. The van der Waals surface area contributed by atoms with Gasteiger partial charge in [-0.25, -0.2) is 0 Å². The van der Waals surface area contributed by atoms with Gasteiger partial charge in [0, 0.05) is 24.8 Å². The smallest absolute Gasteiger partial charge is 0.872 e. The van der Waals surface area contributed by atoms with Gasteiger partial charge in [-0.15, -0.1) is 0 Å². The van der Waals surface area contributed by atoms with Gasteiger partial charge in [-0.05, 0) is 86.1 Å². The summed E-state index contributed by atoms with van der Waals surface area (Å²) < 4.78 is 0. The van der Waals surface area contributed by atoms with E-state index in [4.69, 9.17) is 9.98 Å². The molecule has 0 N–H and O–H groups in total. The fourth-order valence-corrected chi connectivity index (χ4v) is 7.14. The first-order chi connectivity index (χ1) is 27.4. The van der Waals surface area contributed by atoms with E-state index >= 15 is 0 Å². The topological polar surface area (TPSA) is 83.7 Å². The third-order valence-corrected chi connectivity index (χ3v) is 10.5. The van der Waals surface area contributed by atoms with Gasteiger partial charge in [0.2, 0.25) is 0 Å². The number of rotatable bonds is 26. The monoisotopic (exact) mass is 821 g/mol. The van der Waals surface area contributed by atoms with Crippen LogP contribution in [0, 0.1) is 13.8 Å². The van der Waals surface area contributed by atoms with Crippen molar-refractivity contribution in [3.05, 3.63) is 113 Å². The van der Waals surface area contributed by atoms with Gasteiger partial charge in [-0.3, -0.25) is 15.0 Å². The number of unbranched alkanes of at least 4 members (excludes halogenated alkanes) is 18. The Bertz CT molecular complexity index is 1550. The second kappa shape index (κ2) is 31.4. The van der Waals surface area contributed by atoms with Gasteiger partial charge in [0.05, 0.1) is 11.4 Å². The van der Waals surface area contributed by atoms with Crippen LogP contribution in [-0.4, -0.2) is 17.4 Å². The molecule has 5 nitrogen and oxygen atoms in total. The predicted molar refractivity (Wildman–Crippen MR) is 238 cm³/mol. The Morgan fingerprint density at radius 3 is 1.14 bits per heavy atom. The van der Waals surface area contributed by atoms with E-state index in [2.05, 4.69) is 18.8 Å². The molecule has 57 heavy (non-hydrogen) atoms. The zero-order valence-corrected chi connectivity index (χ0v) is 39.0. The maximum atomic E-state index is 13.0. The molecule has 0 amide bonds. The van der Waals surface area contributed by atoms with E-state index in [1.54, 1.807) is 24.8 Å². The average Bonchev–Trinajstić information content (AvgIpc) is 3.22. The fourth-order valence-electron chi connectivity index (χ4n) is 7.14. The Morgan fingerprint density at radius 2 is 0.825 bits per heavy atom. The molecule has 0 saturated carbocycles. The first kappa shape index (κ1) is 49.5. The van der Waals surface area contributed by atoms with Crippen molar-refractivity contribution in [1.29, 1.82) is 0 Å². The third kappa shape index (κ3) is 21.1. The van der Waals surface area contributed by atoms with Crippen LogP contribution in [-0.2, 0) is 32.3 Å². The largest absolute Gasteiger partial charge is 2.00 e. The SMILES string of the molecule is CCCCCCCCCCCCc1cc(C)c([O-])c(C=Nc2ccccc2N=Cc2cc(CCCCCCCCCCCC)cc(C)c2[O-])c1.[Zn+2].c1ccncc1. The molecule has 304 valence electrons. The molecule has 0 saturated heterocycles. The quantitative estimate of drug-likeness (QED) is 0.0359. The molecule has 0 fully saturated rings. The number of hydrogen-bond donors (Lipinski definition) is 0. The number of aromatic nitrogens is 1. The molecule has 0 aliphatic carbocycles.